The van der Waals surface area contributed by atoms with Crippen LogP contribution in [0.1, 0.15) is 12.5 Å². The zero-order valence-corrected chi connectivity index (χ0v) is 13.1. The fourth-order valence-corrected chi connectivity index (χ4v) is 3.26. The highest BCUT2D eigenvalue weighted by Gasteiger charge is 2.36. The van der Waals surface area contributed by atoms with Gasteiger partial charge in [0.2, 0.25) is 5.91 Å². The molecule has 0 spiro atoms. The van der Waals surface area contributed by atoms with Gasteiger partial charge in [0.15, 0.2) is 0 Å². The zero-order valence-electron chi connectivity index (χ0n) is 11.6. The second-order valence-corrected chi connectivity index (χ2v) is 6.07. The third kappa shape index (κ3) is 2.62. The van der Waals surface area contributed by atoms with Gasteiger partial charge in [0, 0.05) is 36.3 Å². The summed E-state index contributed by atoms with van der Waals surface area (Å²) < 4.78 is 1.05. The van der Waals surface area contributed by atoms with Crippen LogP contribution >= 0.6 is 15.9 Å². The Morgan fingerprint density at radius 2 is 2.16 bits per heavy atom. The summed E-state index contributed by atoms with van der Waals surface area (Å²) in [5, 5.41) is 0. The number of anilines is 1. The van der Waals surface area contributed by atoms with Crippen LogP contribution in [-0.2, 0) is 4.79 Å². The lowest BCUT2D eigenvalue weighted by Crippen LogP contribution is -2.62. The maximum atomic E-state index is 12.3. The molecule has 1 amide bonds. The van der Waals surface area contributed by atoms with Crippen molar-refractivity contribution >= 4 is 27.5 Å². The van der Waals surface area contributed by atoms with Crippen LogP contribution in [0.2, 0.25) is 0 Å². The lowest BCUT2D eigenvalue weighted by Gasteiger charge is -2.45. The fraction of sp³-hybridized carbons (Fsp3) is 0.500. The van der Waals surface area contributed by atoms with E-state index in [2.05, 4.69) is 46.8 Å². The number of nitrogens with two attached hydrogens (primary N) is 1. The van der Waals surface area contributed by atoms with Crippen LogP contribution in [-0.4, -0.2) is 43.0 Å². The van der Waals surface area contributed by atoms with Gasteiger partial charge in [-0.25, -0.2) is 0 Å². The van der Waals surface area contributed by atoms with E-state index in [0.717, 1.165) is 22.3 Å². The second kappa shape index (κ2) is 5.51. The number of likely N-dealkylation sites (N-methyl/N-ethyl adjacent to an activating group) is 1. The molecule has 19 heavy (non-hydrogen) atoms. The highest BCUT2D eigenvalue weighted by Crippen LogP contribution is 2.29. The van der Waals surface area contributed by atoms with E-state index in [0.29, 0.717) is 6.54 Å². The van der Waals surface area contributed by atoms with E-state index >= 15 is 0 Å². The molecule has 2 atom stereocenters. The number of rotatable bonds is 2. The summed E-state index contributed by atoms with van der Waals surface area (Å²) in [5.41, 5.74) is 8.07. The SMILES string of the molecule is Cc1cc(Br)ccc1N1C(C)CN(C)C(=O)C1CN. The average Bonchev–Trinajstić information content (AvgIpc) is 2.34. The Labute approximate surface area is 122 Å². The van der Waals surface area contributed by atoms with Crippen molar-refractivity contribution in [3.63, 3.8) is 0 Å². The molecular weight excluding hydrogens is 306 g/mol. The van der Waals surface area contributed by atoms with E-state index < -0.39 is 0 Å². The van der Waals surface area contributed by atoms with Crippen molar-refractivity contribution in [2.75, 3.05) is 25.0 Å². The summed E-state index contributed by atoms with van der Waals surface area (Å²) in [6.45, 7) is 5.25. The van der Waals surface area contributed by atoms with E-state index in [4.69, 9.17) is 5.73 Å². The molecule has 4 nitrogen and oxygen atoms in total. The Bertz CT molecular complexity index is 492. The third-order valence-corrected chi connectivity index (χ3v) is 4.16. The molecule has 0 aliphatic carbocycles. The minimum Gasteiger partial charge on any atom is -0.354 e. The van der Waals surface area contributed by atoms with Gasteiger partial charge in [0.05, 0.1) is 0 Å². The van der Waals surface area contributed by atoms with Gasteiger partial charge in [-0.3, -0.25) is 4.79 Å². The van der Waals surface area contributed by atoms with Gasteiger partial charge in [-0.2, -0.15) is 0 Å². The molecule has 1 aromatic carbocycles. The highest BCUT2D eigenvalue weighted by molar-refractivity contribution is 9.10. The fourth-order valence-electron chi connectivity index (χ4n) is 2.78. The first-order valence-electron chi connectivity index (χ1n) is 6.45. The molecule has 0 saturated carbocycles. The standard InChI is InChI=1S/C14H20BrN3O/c1-9-6-11(15)4-5-12(9)18-10(2)8-17(3)14(19)13(18)7-16/h4-6,10,13H,7-8,16H2,1-3H3. The van der Waals surface area contributed by atoms with E-state index in [9.17, 15) is 4.79 Å². The lowest BCUT2D eigenvalue weighted by atomic mass is 10.0. The largest absolute Gasteiger partial charge is 0.354 e. The molecule has 0 bridgehead atoms. The molecule has 0 aromatic heterocycles. The molecule has 0 radical (unpaired) electrons. The van der Waals surface area contributed by atoms with E-state index in [1.54, 1.807) is 4.90 Å². The molecular formula is C14H20BrN3O. The minimum atomic E-state index is -0.270. The molecule has 5 heteroatoms. The minimum absolute atomic E-state index is 0.0999. The van der Waals surface area contributed by atoms with Gasteiger partial charge < -0.3 is 15.5 Å². The molecule has 1 aliphatic heterocycles. The number of halogens is 1. The number of hydrogen-bond donors (Lipinski definition) is 1. The molecule has 2 rings (SSSR count). The normalized spacial score (nSPS) is 23.9. The van der Waals surface area contributed by atoms with Crippen LogP contribution in [0.4, 0.5) is 5.69 Å². The van der Waals surface area contributed by atoms with E-state index in [1.165, 1.54) is 0 Å². The van der Waals surface area contributed by atoms with Crippen LogP contribution in [0.3, 0.4) is 0 Å². The summed E-state index contributed by atoms with van der Waals surface area (Å²) in [4.78, 5) is 16.2. The van der Waals surface area contributed by atoms with Crippen molar-refractivity contribution in [1.29, 1.82) is 0 Å². The van der Waals surface area contributed by atoms with Crippen LogP contribution in [0.15, 0.2) is 22.7 Å². The van der Waals surface area contributed by atoms with Gasteiger partial charge in [-0.05, 0) is 37.6 Å². The first kappa shape index (κ1) is 14.3. The Morgan fingerprint density at radius 1 is 1.47 bits per heavy atom. The van der Waals surface area contributed by atoms with Crippen LogP contribution in [0, 0.1) is 6.92 Å². The second-order valence-electron chi connectivity index (χ2n) is 5.16. The monoisotopic (exact) mass is 325 g/mol. The quantitative estimate of drug-likeness (QED) is 0.901. The van der Waals surface area contributed by atoms with Crippen molar-refractivity contribution in [3.8, 4) is 0 Å². The Balaban J connectivity index is 2.42. The Kier molecular flexibility index (Phi) is 4.16. The van der Waals surface area contributed by atoms with Crippen molar-refractivity contribution in [2.24, 2.45) is 5.73 Å². The first-order chi connectivity index (χ1) is 8.95. The van der Waals surface area contributed by atoms with E-state index in [-0.39, 0.29) is 18.0 Å². The number of piperazine rings is 1. The van der Waals surface area contributed by atoms with Crippen molar-refractivity contribution in [2.45, 2.75) is 25.9 Å². The summed E-state index contributed by atoms with van der Waals surface area (Å²) in [7, 11) is 1.84. The van der Waals surface area contributed by atoms with Crippen LogP contribution in [0.5, 0.6) is 0 Å². The van der Waals surface area contributed by atoms with Crippen LogP contribution in [0.25, 0.3) is 0 Å². The molecule has 1 aliphatic rings. The van der Waals surface area contributed by atoms with Crippen molar-refractivity contribution in [3.05, 3.63) is 28.2 Å². The predicted molar refractivity (Wildman–Crippen MR) is 81.3 cm³/mol. The van der Waals surface area contributed by atoms with Crippen LogP contribution < -0.4 is 10.6 Å². The average molecular weight is 326 g/mol. The topological polar surface area (TPSA) is 49.6 Å². The number of carbonyl (C=O) groups is 1. The Hall–Kier alpha value is -1.07. The molecule has 1 aromatic rings. The molecule has 1 heterocycles. The number of carbonyl (C=O) groups excluding carboxylic acids is 1. The maximum absolute atomic E-state index is 12.3. The van der Waals surface area contributed by atoms with Gasteiger partial charge in [0.25, 0.3) is 0 Å². The molecule has 1 fully saturated rings. The Morgan fingerprint density at radius 3 is 2.74 bits per heavy atom. The first-order valence-corrected chi connectivity index (χ1v) is 7.24. The number of amides is 1. The van der Waals surface area contributed by atoms with Gasteiger partial charge >= 0.3 is 0 Å². The van der Waals surface area contributed by atoms with E-state index in [1.807, 2.05) is 13.1 Å². The smallest absolute Gasteiger partial charge is 0.246 e. The summed E-state index contributed by atoms with van der Waals surface area (Å²) in [6.07, 6.45) is 0. The number of hydrogen-bond acceptors (Lipinski definition) is 3. The van der Waals surface area contributed by atoms with Gasteiger partial charge in [-0.1, -0.05) is 15.9 Å². The number of benzene rings is 1. The van der Waals surface area contributed by atoms with Crippen molar-refractivity contribution < 1.29 is 4.79 Å². The van der Waals surface area contributed by atoms with Gasteiger partial charge in [0.1, 0.15) is 6.04 Å². The summed E-state index contributed by atoms with van der Waals surface area (Å²) >= 11 is 3.47. The summed E-state index contributed by atoms with van der Waals surface area (Å²) in [6, 6.07) is 6.12. The highest BCUT2D eigenvalue weighted by atomic mass is 79.9. The van der Waals surface area contributed by atoms with Gasteiger partial charge in [-0.15, -0.1) is 0 Å². The zero-order chi connectivity index (χ0) is 14.2. The molecule has 2 N–H and O–H groups in total. The predicted octanol–water partition coefficient (Wildman–Crippen LogP) is 1.75. The summed E-state index contributed by atoms with van der Waals surface area (Å²) in [5.74, 6) is 0.0999. The molecule has 2 unspecified atom stereocenters. The maximum Gasteiger partial charge on any atom is 0.246 e. The number of aryl methyl sites for hydroxylation is 1. The molecule has 1 saturated heterocycles. The van der Waals surface area contributed by atoms with Crippen molar-refractivity contribution in [1.82, 2.24) is 4.90 Å². The third-order valence-electron chi connectivity index (χ3n) is 3.67. The number of nitrogens with zero attached hydrogens (tertiary/aromatic N) is 2. The lowest BCUT2D eigenvalue weighted by molar-refractivity contribution is -0.133. The molecule has 104 valence electrons.